The molecule has 1 aromatic carbocycles. The maximum Gasteiger partial charge on any atom is 0.422 e. The highest BCUT2D eigenvalue weighted by molar-refractivity contribution is 7.13. The van der Waals surface area contributed by atoms with Gasteiger partial charge in [0.05, 0.1) is 22.0 Å². The summed E-state index contributed by atoms with van der Waals surface area (Å²) in [6, 6.07) is 4.99. The fourth-order valence-corrected chi connectivity index (χ4v) is 3.97. The van der Waals surface area contributed by atoms with Crippen molar-refractivity contribution in [3.8, 4) is 5.19 Å². The van der Waals surface area contributed by atoms with Crippen LogP contribution in [0.2, 0.25) is 5.02 Å². The van der Waals surface area contributed by atoms with Crippen molar-refractivity contribution in [3.05, 3.63) is 40.1 Å². The maximum absolute atomic E-state index is 12.5. The number of carbonyl (C=O) groups excluding carboxylic acids is 1. The molecule has 2 heterocycles. The predicted molar refractivity (Wildman–Crippen MR) is 102 cm³/mol. The van der Waals surface area contributed by atoms with Gasteiger partial charge in [0.25, 0.3) is 5.19 Å². The molecular formula is C18H16ClF3N4O2S. The number of benzene rings is 1. The Kier molecular flexibility index (Phi) is 5.16. The lowest BCUT2D eigenvalue weighted by Gasteiger charge is -2.11. The van der Waals surface area contributed by atoms with Crippen LogP contribution in [0.5, 0.6) is 5.19 Å². The number of H-pyrrole nitrogens is 1. The molecule has 29 heavy (non-hydrogen) atoms. The molecule has 0 radical (unpaired) electrons. The Morgan fingerprint density at radius 3 is 3.03 bits per heavy atom. The lowest BCUT2D eigenvalue weighted by atomic mass is 10.2. The van der Waals surface area contributed by atoms with Gasteiger partial charge in [0.1, 0.15) is 5.82 Å². The summed E-state index contributed by atoms with van der Waals surface area (Å²) >= 11 is 6.95. The van der Waals surface area contributed by atoms with Gasteiger partial charge in [-0.05, 0) is 31.5 Å². The van der Waals surface area contributed by atoms with Gasteiger partial charge in [-0.15, -0.1) is 0 Å². The Hall–Kier alpha value is -2.33. The van der Waals surface area contributed by atoms with Gasteiger partial charge >= 0.3 is 6.18 Å². The highest BCUT2D eigenvalue weighted by Gasteiger charge is 2.46. The number of alkyl halides is 3. The third-order valence-corrected chi connectivity index (χ3v) is 5.92. The summed E-state index contributed by atoms with van der Waals surface area (Å²) in [5.41, 5.74) is 1.61. The molecule has 3 aromatic rings. The van der Waals surface area contributed by atoms with Gasteiger partial charge in [0, 0.05) is 23.1 Å². The number of ether oxygens (including phenoxy) is 1. The summed E-state index contributed by atoms with van der Waals surface area (Å²) in [5.74, 6) is 0.408. The van der Waals surface area contributed by atoms with Crippen LogP contribution in [0.1, 0.15) is 36.0 Å². The molecule has 11 heteroatoms. The van der Waals surface area contributed by atoms with Crippen LogP contribution in [0.15, 0.2) is 24.4 Å². The van der Waals surface area contributed by atoms with Crippen LogP contribution in [-0.4, -0.2) is 33.6 Å². The number of aromatic amines is 1. The first-order valence-electron chi connectivity index (χ1n) is 8.80. The van der Waals surface area contributed by atoms with Crippen molar-refractivity contribution in [3.63, 3.8) is 0 Å². The van der Waals surface area contributed by atoms with E-state index < -0.39 is 12.8 Å². The van der Waals surface area contributed by atoms with Gasteiger partial charge in [0.15, 0.2) is 6.61 Å². The van der Waals surface area contributed by atoms with Gasteiger partial charge in [0.2, 0.25) is 5.91 Å². The zero-order valence-electron chi connectivity index (χ0n) is 15.1. The number of aromatic nitrogens is 3. The van der Waals surface area contributed by atoms with E-state index in [0.29, 0.717) is 16.3 Å². The Labute approximate surface area is 172 Å². The van der Waals surface area contributed by atoms with Crippen LogP contribution >= 0.6 is 22.9 Å². The van der Waals surface area contributed by atoms with Crippen molar-refractivity contribution >= 4 is 39.9 Å². The van der Waals surface area contributed by atoms with E-state index in [2.05, 4.69) is 25.0 Å². The second-order valence-electron chi connectivity index (χ2n) is 6.89. The molecule has 4 rings (SSSR count). The molecule has 1 aliphatic rings. The largest absolute Gasteiger partial charge is 0.460 e. The molecule has 6 nitrogen and oxygen atoms in total. The number of carbonyl (C=O) groups is 1. The van der Waals surface area contributed by atoms with E-state index in [4.69, 9.17) is 11.6 Å². The van der Waals surface area contributed by atoms with Gasteiger partial charge in [-0.2, -0.15) is 13.2 Å². The molecule has 1 aliphatic carbocycles. The van der Waals surface area contributed by atoms with E-state index in [-0.39, 0.29) is 29.0 Å². The van der Waals surface area contributed by atoms with Crippen LogP contribution in [-0.2, 0) is 4.79 Å². The molecule has 1 fully saturated rings. The first-order valence-corrected chi connectivity index (χ1v) is 10.00. The highest BCUT2D eigenvalue weighted by atomic mass is 35.5. The molecule has 2 aromatic heterocycles. The fraction of sp³-hybridized carbons (Fsp3) is 0.389. The average molecular weight is 445 g/mol. The van der Waals surface area contributed by atoms with Crippen molar-refractivity contribution in [2.45, 2.75) is 31.5 Å². The number of imidazole rings is 1. The van der Waals surface area contributed by atoms with Crippen LogP contribution in [0.3, 0.4) is 0 Å². The summed E-state index contributed by atoms with van der Waals surface area (Å²) in [7, 11) is 0. The SMILES string of the molecule is CC(NC(=O)C1CC1c1nc2cc(Cl)ccc2[nH]1)c1cnc(OCC(F)(F)F)s1. The van der Waals surface area contributed by atoms with Gasteiger partial charge in [-0.25, -0.2) is 9.97 Å². The lowest BCUT2D eigenvalue weighted by Crippen LogP contribution is -2.28. The number of rotatable bonds is 6. The molecule has 1 saturated carbocycles. The standard InChI is InChI=1S/C18H16ClF3N4O2S/c1-8(14-6-23-17(29-14)28-7-18(20,21)22)24-16(27)11-5-10(11)15-25-12-3-2-9(19)4-13(12)26-15/h2-4,6,8,10-11H,5,7H2,1H3,(H,24,27)(H,25,26). The number of hydrogen-bond donors (Lipinski definition) is 2. The predicted octanol–water partition coefficient (Wildman–Crippen LogP) is 4.59. The normalized spacial score (nSPS) is 19.9. The zero-order chi connectivity index (χ0) is 20.8. The third-order valence-electron chi connectivity index (χ3n) is 4.59. The van der Waals surface area contributed by atoms with E-state index in [0.717, 1.165) is 28.2 Å². The van der Waals surface area contributed by atoms with E-state index >= 15 is 0 Å². The van der Waals surface area contributed by atoms with E-state index in [1.807, 2.05) is 6.07 Å². The van der Waals surface area contributed by atoms with Crippen LogP contribution in [0.25, 0.3) is 11.0 Å². The number of hydrogen-bond acceptors (Lipinski definition) is 5. The summed E-state index contributed by atoms with van der Waals surface area (Å²) in [5, 5.41) is 3.39. The molecule has 1 amide bonds. The number of nitrogens with zero attached hydrogens (tertiary/aromatic N) is 2. The van der Waals surface area contributed by atoms with Crippen molar-refractivity contribution in [1.29, 1.82) is 0 Å². The molecule has 0 bridgehead atoms. The Morgan fingerprint density at radius 2 is 2.28 bits per heavy atom. The second-order valence-corrected chi connectivity index (χ2v) is 8.36. The number of thiazole rings is 1. The molecular weight excluding hydrogens is 429 g/mol. The van der Waals surface area contributed by atoms with Crippen LogP contribution < -0.4 is 10.1 Å². The van der Waals surface area contributed by atoms with E-state index in [9.17, 15) is 18.0 Å². The molecule has 2 N–H and O–H groups in total. The third kappa shape index (κ3) is 4.64. The monoisotopic (exact) mass is 444 g/mol. The summed E-state index contributed by atoms with van der Waals surface area (Å²) in [6.07, 6.45) is -2.34. The number of amides is 1. The number of fused-ring (bicyclic) bond motifs is 1. The number of halogens is 4. The molecule has 3 unspecified atom stereocenters. The Balaban J connectivity index is 1.34. The van der Waals surface area contributed by atoms with Crippen molar-refractivity contribution in [2.75, 3.05) is 6.61 Å². The number of nitrogens with one attached hydrogen (secondary N) is 2. The minimum Gasteiger partial charge on any atom is -0.460 e. The summed E-state index contributed by atoms with van der Waals surface area (Å²) in [4.78, 5) is 24.7. The first-order chi connectivity index (χ1) is 13.7. The quantitative estimate of drug-likeness (QED) is 0.582. The van der Waals surface area contributed by atoms with Crippen LogP contribution in [0.4, 0.5) is 13.2 Å². The van der Waals surface area contributed by atoms with Gasteiger partial charge in [-0.1, -0.05) is 22.9 Å². The molecule has 154 valence electrons. The first kappa shape index (κ1) is 20.0. The van der Waals surface area contributed by atoms with Gasteiger partial charge < -0.3 is 15.0 Å². The Morgan fingerprint density at radius 1 is 1.48 bits per heavy atom. The summed E-state index contributed by atoms with van der Waals surface area (Å²) in [6.45, 7) is 0.354. The van der Waals surface area contributed by atoms with Crippen LogP contribution in [0, 0.1) is 5.92 Å². The lowest BCUT2D eigenvalue weighted by molar-refractivity contribution is -0.153. The molecule has 3 atom stereocenters. The molecule has 0 aliphatic heterocycles. The topological polar surface area (TPSA) is 79.9 Å². The van der Waals surface area contributed by atoms with Gasteiger partial charge in [-0.3, -0.25) is 4.79 Å². The smallest absolute Gasteiger partial charge is 0.422 e. The van der Waals surface area contributed by atoms with E-state index in [1.54, 1.807) is 19.1 Å². The maximum atomic E-state index is 12.5. The Bertz CT molecular complexity index is 1050. The fourth-order valence-electron chi connectivity index (χ4n) is 3.03. The van der Waals surface area contributed by atoms with Crippen molar-refractivity contribution < 1.29 is 22.7 Å². The van der Waals surface area contributed by atoms with Crippen molar-refractivity contribution in [2.24, 2.45) is 5.92 Å². The summed E-state index contributed by atoms with van der Waals surface area (Å²) < 4.78 is 41.3. The van der Waals surface area contributed by atoms with E-state index in [1.165, 1.54) is 6.20 Å². The highest BCUT2D eigenvalue weighted by Crippen LogP contribution is 2.47. The second kappa shape index (κ2) is 7.49. The minimum absolute atomic E-state index is 0.000478. The molecule has 0 spiro atoms. The zero-order valence-corrected chi connectivity index (χ0v) is 16.7. The average Bonchev–Trinajstić information content (AvgIpc) is 3.11. The minimum atomic E-state index is -4.42. The van der Waals surface area contributed by atoms with Crippen molar-refractivity contribution in [1.82, 2.24) is 20.3 Å². The molecule has 0 saturated heterocycles.